The largest absolute Gasteiger partial charge is 0.432 e. The lowest BCUT2D eigenvalue weighted by Gasteiger charge is -2.36. The van der Waals surface area contributed by atoms with Crippen molar-refractivity contribution in [2.45, 2.75) is 63.5 Å². The fourth-order valence-electron chi connectivity index (χ4n) is 3.74. The molecule has 0 spiro atoms. The molecule has 1 aromatic heterocycles. The summed E-state index contributed by atoms with van der Waals surface area (Å²) in [6.07, 6.45) is 3.72. The third-order valence-corrected chi connectivity index (χ3v) is 9.85. The summed E-state index contributed by atoms with van der Waals surface area (Å²) in [5.41, 5.74) is 8.55. The van der Waals surface area contributed by atoms with E-state index in [1.807, 2.05) is 20.1 Å². The summed E-state index contributed by atoms with van der Waals surface area (Å²) in [6, 6.07) is 8.33. The number of nitrogens with two attached hydrogens (primary N) is 1. The zero-order valence-corrected chi connectivity index (χ0v) is 20.4. The molecule has 0 aliphatic rings. The van der Waals surface area contributed by atoms with Gasteiger partial charge in [0, 0.05) is 31.3 Å². The molecule has 2 rings (SSSR count). The Hall–Kier alpha value is -1.45. The average molecular weight is 431 g/mol. The lowest BCUT2D eigenvalue weighted by atomic mass is 9.76. The fourth-order valence-corrected chi connectivity index (χ4v) is 4.55. The van der Waals surface area contributed by atoms with Gasteiger partial charge in [0.25, 0.3) is 7.48 Å². The molecule has 30 heavy (non-hydrogen) atoms. The van der Waals surface area contributed by atoms with E-state index in [2.05, 4.69) is 55.8 Å². The van der Waals surface area contributed by atoms with Crippen LogP contribution in [0, 0.1) is 0 Å². The van der Waals surface area contributed by atoms with Gasteiger partial charge in [-0.25, -0.2) is 4.98 Å². The summed E-state index contributed by atoms with van der Waals surface area (Å²) in [5, 5.41) is 9.43. The summed E-state index contributed by atoms with van der Waals surface area (Å²) >= 11 is 0. The normalized spacial score (nSPS) is 14.6. The highest BCUT2D eigenvalue weighted by molar-refractivity contribution is 6.72. The quantitative estimate of drug-likeness (QED) is 0.375. The molecule has 0 aliphatic heterocycles. The molecule has 2 unspecified atom stereocenters. The third kappa shape index (κ3) is 6.28. The van der Waals surface area contributed by atoms with Crippen LogP contribution in [0.5, 0.6) is 0 Å². The number of hydrogen-bond acceptors (Lipinski definition) is 5. The molecule has 6 nitrogen and oxygen atoms in total. The van der Waals surface area contributed by atoms with E-state index in [1.54, 1.807) is 0 Å². The molecule has 8 heteroatoms. The number of nitrogens with zero attached hydrogens (tertiary/aromatic N) is 2. The van der Waals surface area contributed by atoms with Crippen LogP contribution in [0.25, 0.3) is 11.3 Å². The van der Waals surface area contributed by atoms with Crippen LogP contribution in [0.2, 0.25) is 23.9 Å². The lowest BCUT2D eigenvalue weighted by molar-refractivity contribution is 0.268. The molecule has 2 aromatic rings. The molecule has 1 heterocycles. The SMILES string of the molecule is CC(CC(C)(C)[Si](C)(C)O)c1nc(-c2ccc(CC(BOCN)CO)cc2)cn1C. The highest BCUT2D eigenvalue weighted by Gasteiger charge is 2.39. The minimum absolute atomic E-state index is 0.0457. The molecule has 4 N–H and O–H groups in total. The van der Waals surface area contributed by atoms with E-state index in [-0.39, 0.29) is 30.1 Å². The maximum absolute atomic E-state index is 10.6. The van der Waals surface area contributed by atoms with Gasteiger partial charge < -0.3 is 24.9 Å². The first kappa shape index (κ1) is 24.8. The van der Waals surface area contributed by atoms with Gasteiger partial charge in [0.2, 0.25) is 0 Å². The van der Waals surface area contributed by atoms with Crippen molar-refractivity contribution in [2.75, 3.05) is 13.3 Å². The second kappa shape index (κ2) is 10.2. The number of imidazole rings is 1. The Balaban J connectivity index is 2.12. The van der Waals surface area contributed by atoms with Crippen LogP contribution >= 0.6 is 0 Å². The minimum Gasteiger partial charge on any atom is -0.432 e. The Morgan fingerprint density at radius 3 is 2.43 bits per heavy atom. The topological polar surface area (TPSA) is 93.5 Å². The Morgan fingerprint density at radius 2 is 1.90 bits per heavy atom. The Kier molecular flexibility index (Phi) is 8.47. The number of benzene rings is 1. The first-order valence-electron chi connectivity index (χ1n) is 10.7. The Bertz CT molecular complexity index is 803. The molecular formula is C22H38BN3O3Si. The maximum atomic E-state index is 10.6. The molecular weight excluding hydrogens is 393 g/mol. The summed E-state index contributed by atoms with van der Waals surface area (Å²) in [5.74, 6) is 1.34. The standard InChI is InChI=1S/C22H38BN3O3Si/c1-16(12-22(2,3)30(5,6)28)21-25-20(13-26(21)4)18-9-7-17(8-10-18)11-19(14-27)23-29-15-24/h7-10,13,16,19,23,27-28H,11-12,14-15,24H2,1-6H3. The first-order valence-corrected chi connectivity index (χ1v) is 13.7. The van der Waals surface area contributed by atoms with Crippen LogP contribution in [0.1, 0.15) is 44.5 Å². The van der Waals surface area contributed by atoms with E-state index in [9.17, 15) is 9.90 Å². The average Bonchev–Trinajstić information content (AvgIpc) is 3.06. The molecule has 1 aromatic carbocycles. The monoisotopic (exact) mass is 431 g/mol. The second-order valence-electron chi connectivity index (χ2n) is 9.63. The number of aliphatic hydroxyl groups excluding tert-OH is 1. The van der Waals surface area contributed by atoms with E-state index in [0.717, 1.165) is 35.5 Å². The third-order valence-electron chi connectivity index (χ3n) is 6.33. The van der Waals surface area contributed by atoms with Gasteiger partial charge in [0.1, 0.15) is 5.82 Å². The summed E-state index contributed by atoms with van der Waals surface area (Å²) in [6.45, 7) is 10.8. The van der Waals surface area contributed by atoms with Gasteiger partial charge in [0.05, 0.1) is 12.4 Å². The van der Waals surface area contributed by atoms with Gasteiger partial charge in [-0.15, -0.1) is 0 Å². The van der Waals surface area contributed by atoms with Crippen molar-refractivity contribution in [2.24, 2.45) is 12.8 Å². The van der Waals surface area contributed by atoms with E-state index in [1.165, 1.54) is 0 Å². The molecule has 166 valence electrons. The maximum Gasteiger partial charge on any atom is 0.282 e. The summed E-state index contributed by atoms with van der Waals surface area (Å²) < 4.78 is 7.34. The molecule has 0 radical (unpaired) electrons. The molecule has 0 aliphatic carbocycles. The van der Waals surface area contributed by atoms with Crippen molar-refractivity contribution in [3.63, 3.8) is 0 Å². The number of hydrogen-bond donors (Lipinski definition) is 3. The predicted octanol–water partition coefficient (Wildman–Crippen LogP) is 3.17. The van der Waals surface area contributed by atoms with Crippen molar-refractivity contribution in [3.05, 3.63) is 41.9 Å². The first-order chi connectivity index (χ1) is 14.0. The number of aliphatic hydroxyl groups is 1. The highest BCUT2D eigenvalue weighted by atomic mass is 28.4. The van der Waals surface area contributed by atoms with E-state index in [0.29, 0.717) is 7.48 Å². The van der Waals surface area contributed by atoms with Gasteiger partial charge in [-0.2, -0.15) is 0 Å². The number of aromatic nitrogens is 2. The fraction of sp³-hybridized carbons (Fsp3) is 0.591. The predicted molar refractivity (Wildman–Crippen MR) is 127 cm³/mol. The van der Waals surface area contributed by atoms with Gasteiger partial charge >= 0.3 is 0 Å². The Labute approximate surface area is 182 Å². The molecule has 0 amide bonds. The highest BCUT2D eigenvalue weighted by Crippen LogP contribution is 2.43. The van der Waals surface area contributed by atoms with Crippen molar-refractivity contribution in [1.29, 1.82) is 0 Å². The smallest absolute Gasteiger partial charge is 0.282 e. The molecule has 2 atom stereocenters. The lowest BCUT2D eigenvalue weighted by Crippen LogP contribution is -2.39. The van der Waals surface area contributed by atoms with Gasteiger partial charge in [-0.3, -0.25) is 0 Å². The summed E-state index contributed by atoms with van der Waals surface area (Å²) in [7, 11) is 0.237. The molecule has 0 bridgehead atoms. The van der Waals surface area contributed by atoms with Crippen molar-refractivity contribution in [1.82, 2.24) is 9.55 Å². The summed E-state index contributed by atoms with van der Waals surface area (Å²) in [4.78, 5) is 15.5. The zero-order chi connectivity index (χ0) is 22.5. The van der Waals surface area contributed by atoms with Crippen LogP contribution in [0.4, 0.5) is 0 Å². The Morgan fingerprint density at radius 1 is 1.27 bits per heavy atom. The van der Waals surface area contributed by atoms with Gasteiger partial charge in [0.15, 0.2) is 8.32 Å². The molecule has 0 saturated heterocycles. The molecule has 0 saturated carbocycles. The molecule has 0 fully saturated rings. The van der Waals surface area contributed by atoms with E-state index in [4.69, 9.17) is 15.4 Å². The van der Waals surface area contributed by atoms with Crippen molar-refractivity contribution >= 4 is 15.8 Å². The number of aryl methyl sites for hydroxylation is 1. The zero-order valence-electron chi connectivity index (χ0n) is 19.4. The van der Waals surface area contributed by atoms with E-state index < -0.39 is 8.32 Å². The van der Waals surface area contributed by atoms with Crippen molar-refractivity contribution < 1.29 is 14.6 Å². The van der Waals surface area contributed by atoms with Crippen LogP contribution in [0.3, 0.4) is 0 Å². The van der Waals surface area contributed by atoms with Gasteiger partial charge in [-0.05, 0) is 42.4 Å². The second-order valence-corrected chi connectivity index (χ2v) is 14.1. The van der Waals surface area contributed by atoms with Crippen molar-refractivity contribution in [3.8, 4) is 11.3 Å². The van der Waals surface area contributed by atoms with E-state index >= 15 is 0 Å². The van der Waals surface area contributed by atoms with Crippen LogP contribution in [0.15, 0.2) is 30.5 Å². The van der Waals surface area contributed by atoms with Crippen LogP contribution < -0.4 is 5.73 Å². The van der Waals surface area contributed by atoms with Crippen LogP contribution in [-0.2, 0) is 18.1 Å². The van der Waals surface area contributed by atoms with Gasteiger partial charge in [-0.1, -0.05) is 45.0 Å². The van der Waals surface area contributed by atoms with Crippen LogP contribution in [-0.4, -0.2) is 48.6 Å². The number of rotatable bonds is 11. The minimum atomic E-state index is -2.26.